The number of hydrogen-bond acceptors (Lipinski definition) is 7. The highest BCUT2D eigenvalue weighted by molar-refractivity contribution is 6.32. The molecule has 0 saturated heterocycles. The van der Waals surface area contributed by atoms with Crippen LogP contribution in [0, 0.1) is 0 Å². The fraction of sp³-hybridized carbons (Fsp3) is 0.348. The van der Waals surface area contributed by atoms with E-state index in [1.807, 2.05) is 38.1 Å². The molecule has 0 fully saturated rings. The zero-order valence-electron chi connectivity index (χ0n) is 19.1. The van der Waals surface area contributed by atoms with Gasteiger partial charge in [-0.15, -0.1) is 0 Å². The number of hydrogen-bond donors (Lipinski definition) is 2. The number of ether oxygens (including phenoxy) is 1. The predicted octanol–water partition coefficient (Wildman–Crippen LogP) is 5.35. The summed E-state index contributed by atoms with van der Waals surface area (Å²) in [5.41, 5.74) is 2.84. The average molecular weight is 498 g/mol. The van der Waals surface area contributed by atoms with Gasteiger partial charge in [-0.3, -0.25) is 0 Å². The Morgan fingerprint density at radius 1 is 1.15 bits per heavy atom. The smallest absolute Gasteiger partial charge is 0.453 e. The zero-order valence-corrected chi connectivity index (χ0v) is 19.9. The topological polar surface area (TPSA) is 109 Å². The van der Waals surface area contributed by atoms with Crippen LogP contribution in [-0.2, 0) is 4.79 Å². The number of carboxylic acid groups (broad SMARTS) is 1. The molecule has 0 saturated carbocycles. The summed E-state index contributed by atoms with van der Waals surface area (Å²) in [6.45, 7) is 10.1. The van der Waals surface area contributed by atoms with E-state index in [2.05, 4.69) is 41.0 Å². The molecule has 0 radical (unpaired) electrons. The van der Waals surface area contributed by atoms with Crippen molar-refractivity contribution in [2.75, 3.05) is 18.0 Å². The molecule has 184 valence electrons. The molecule has 0 unspecified atom stereocenters. The summed E-state index contributed by atoms with van der Waals surface area (Å²) in [5, 5.41) is 19.0. The van der Waals surface area contributed by atoms with Gasteiger partial charge in [-0.1, -0.05) is 16.8 Å². The maximum absolute atomic E-state index is 10.8. The van der Waals surface area contributed by atoms with Crippen molar-refractivity contribution in [3.05, 3.63) is 47.5 Å². The lowest BCUT2D eigenvalue weighted by molar-refractivity contribution is -0.222. The number of carbonyl (C=O) groups is 1. The number of aliphatic carboxylic acids is 1. The summed E-state index contributed by atoms with van der Waals surface area (Å²) in [6, 6.07) is 13.6. The second-order valence-electron chi connectivity index (χ2n) is 7.30. The minimum Gasteiger partial charge on any atom is -0.489 e. The van der Waals surface area contributed by atoms with Crippen molar-refractivity contribution in [3.63, 3.8) is 0 Å². The van der Waals surface area contributed by atoms with Gasteiger partial charge in [0.05, 0.1) is 11.1 Å². The number of carboxylic acids is 1. The quantitative estimate of drug-likeness (QED) is 0.429. The van der Waals surface area contributed by atoms with E-state index in [1.54, 1.807) is 6.07 Å². The van der Waals surface area contributed by atoms with E-state index in [4.69, 9.17) is 35.9 Å². The number of aromatic nitrogens is 2. The van der Waals surface area contributed by atoms with E-state index in [1.165, 1.54) is 5.69 Å². The molecule has 3 aromatic rings. The Hall–Kier alpha value is -3.24. The molecule has 0 amide bonds. The van der Waals surface area contributed by atoms with Crippen molar-refractivity contribution >= 4 is 23.3 Å². The van der Waals surface area contributed by atoms with Gasteiger partial charge in [0, 0.05) is 29.9 Å². The molecule has 1 heterocycles. The maximum Gasteiger partial charge on any atom is 0.453 e. The molecular weight excluding hydrogens is 472 g/mol. The van der Waals surface area contributed by atoms with Gasteiger partial charge in [0.15, 0.2) is 0 Å². The average Bonchev–Trinajstić information content (AvgIpc) is 3.26. The van der Waals surface area contributed by atoms with Crippen molar-refractivity contribution < 1.29 is 33.0 Å². The van der Waals surface area contributed by atoms with Crippen molar-refractivity contribution in [1.29, 1.82) is 0 Å². The Morgan fingerprint density at radius 3 is 2.18 bits per heavy atom. The first-order valence-corrected chi connectivity index (χ1v) is 10.8. The summed E-state index contributed by atoms with van der Waals surface area (Å²) >= 11 is 6.31. The van der Waals surface area contributed by atoms with E-state index in [-0.39, 0.29) is 6.10 Å². The normalized spacial score (nSPS) is 11.1. The summed E-state index contributed by atoms with van der Waals surface area (Å²) in [6.07, 6.45) is -4.52. The van der Waals surface area contributed by atoms with Crippen LogP contribution in [0.15, 0.2) is 47.0 Å². The molecule has 2 aromatic carbocycles. The highest BCUT2D eigenvalue weighted by atomic mass is 35.5. The van der Waals surface area contributed by atoms with Gasteiger partial charge in [0.2, 0.25) is 5.82 Å². The van der Waals surface area contributed by atoms with E-state index < -0.39 is 12.1 Å². The molecule has 11 heteroatoms. The molecule has 1 aromatic heterocycles. The van der Waals surface area contributed by atoms with Crippen LogP contribution >= 0.6 is 11.6 Å². The molecule has 2 N–H and O–H groups in total. The Morgan fingerprint density at radius 2 is 1.71 bits per heavy atom. The number of anilines is 1. The third-order valence-electron chi connectivity index (χ3n) is 4.48. The Balaban J connectivity index is 0.000000509. The summed E-state index contributed by atoms with van der Waals surface area (Å²) in [4.78, 5) is 15.8. The highest BCUT2D eigenvalue weighted by Gasteiger charge is 2.35. The second-order valence-corrected chi connectivity index (χ2v) is 7.71. The molecule has 0 aliphatic rings. The van der Waals surface area contributed by atoms with Crippen LogP contribution < -0.4 is 9.64 Å². The second kappa shape index (κ2) is 11.8. The van der Waals surface area contributed by atoms with Crippen LogP contribution in [0.4, 0.5) is 14.5 Å². The monoisotopic (exact) mass is 497 g/mol. The lowest BCUT2D eigenvalue weighted by atomic mass is 10.2. The largest absolute Gasteiger partial charge is 0.489 e. The van der Waals surface area contributed by atoms with Crippen LogP contribution in [0.2, 0.25) is 5.02 Å². The zero-order chi connectivity index (χ0) is 25.5. The summed E-state index contributed by atoms with van der Waals surface area (Å²) < 4.78 is 32.7. The summed E-state index contributed by atoms with van der Waals surface area (Å²) in [5.74, 6) is -0.913. The van der Waals surface area contributed by atoms with Crippen molar-refractivity contribution in [1.82, 2.24) is 10.1 Å². The van der Waals surface area contributed by atoms with Gasteiger partial charge >= 0.3 is 12.1 Å². The number of nitrogens with zero attached hydrogens (tertiary/aromatic N) is 3. The van der Waals surface area contributed by atoms with Crippen molar-refractivity contribution in [2.24, 2.45) is 0 Å². The number of benzene rings is 2. The fourth-order valence-corrected chi connectivity index (χ4v) is 3.08. The van der Waals surface area contributed by atoms with E-state index in [0.29, 0.717) is 22.5 Å². The van der Waals surface area contributed by atoms with Gasteiger partial charge in [-0.05, 0) is 70.2 Å². The SMILES string of the molecule is CCN(CC)c1ccc(-c2nc(-c3ccc(OC(C)C)c(Cl)c3)no2)cc1.O=C(O)C(O)(F)F. The molecule has 3 rings (SSSR count). The molecule has 0 spiro atoms. The van der Waals surface area contributed by atoms with Gasteiger partial charge < -0.3 is 24.4 Å². The first-order chi connectivity index (χ1) is 16.0. The molecule has 8 nitrogen and oxygen atoms in total. The molecule has 0 aliphatic carbocycles. The van der Waals surface area contributed by atoms with Crippen LogP contribution in [-0.4, -0.2) is 51.6 Å². The Bertz CT molecular complexity index is 1080. The Labute approximate surface area is 200 Å². The third kappa shape index (κ3) is 7.39. The van der Waals surface area contributed by atoms with Crippen LogP contribution in [0.3, 0.4) is 0 Å². The predicted molar refractivity (Wildman–Crippen MR) is 124 cm³/mol. The van der Waals surface area contributed by atoms with Crippen molar-refractivity contribution in [2.45, 2.75) is 39.9 Å². The van der Waals surface area contributed by atoms with Crippen LogP contribution in [0.25, 0.3) is 22.8 Å². The van der Waals surface area contributed by atoms with Crippen molar-refractivity contribution in [3.8, 4) is 28.6 Å². The lowest BCUT2D eigenvalue weighted by Gasteiger charge is -2.20. The maximum atomic E-state index is 10.8. The minimum absolute atomic E-state index is 0.0597. The minimum atomic E-state index is -4.58. The van der Waals surface area contributed by atoms with Gasteiger partial charge in [-0.2, -0.15) is 13.8 Å². The lowest BCUT2D eigenvalue weighted by Crippen LogP contribution is -2.26. The third-order valence-corrected chi connectivity index (χ3v) is 4.77. The highest BCUT2D eigenvalue weighted by Crippen LogP contribution is 2.31. The van der Waals surface area contributed by atoms with E-state index >= 15 is 0 Å². The van der Waals surface area contributed by atoms with E-state index in [9.17, 15) is 8.78 Å². The first kappa shape index (κ1) is 27.0. The number of alkyl halides is 2. The molecule has 0 atom stereocenters. The fourth-order valence-electron chi connectivity index (χ4n) is 2.85. The molecule has 0 bridgehead atoms. The van der Waals surface area contributed by atoms with Crippen LogP contribution in [0.5, 0.6) is 5.75 Å². The first-order valence-electron chi connectivity index (χ1n) is 10.5. The number of aliphatic hydroxyl groups is 1. The molecule has 0 aliphatic heterocycles. The van der Waals surface area contributed by atoms with Gasteiger partial charge in [0.25, 0.3) is 5.89 Å². The van der Waals surface area contributed by atoms with Gasteiger partial charge in [-0.25, -0.2) is 4.79 Å². The number of rotatable bonds is 8. The van der Waals surface area contributed by atoms with E-state index in [0.717, 1.165) is 24.2 Å². The number of halogens is 3. The Kier molecular flexibility index (Phi) is 9.34. The van der Waals surface area contributed by atoms with Crippen LogP contribution in [0.1, 0.15) is 27.7 Å². The standard InChI is InChI=1S/C21H24ClN3O2.C2H2F2O3/c1-5-25(6-2)17-10-7-15(8-11-17)21-23-20(24-27-21)16-9-12-19(18(22)13-16)26-14(3)4;3-2(4,7)1(5)6/h7-14H,5-6H2,1-4H3;7H,(H,5,6). The summed E-state index contributed by atoms with van der Waals surface area (Å²) in [7, 11) is 0. The molecule has 34 heavy (non-hydrogen) atoms. The van der Waals surface area contributed by atoms with Gasteiger partial charge in [0.1, 0.15) is 5.75 Å². The molecular formula is C23H26ClF2N3O5.